The normalized spacial score (nSPS) is 11.6. The molecule has 3 aromatic carbocycles. The van der Waals surface area contributed by atoms with Gasteiger partial charge in [-0.05, 0) is 67.1 Å². The van der Waals surface area contributed by atoms with E-state index in [1.54, 1.807) is 19.1 Å². The first kappa shape index (κ1) is 24.8. The molecule has 0 unspecified atom stereocenters. The third-order valence-electron chi connectivity index (χ3n) is 4.39. The molecule has 3 N–H and O–H groups in total. The van der Waals surface area contributed by atoms with Crippen LogP contribution in [0.15, 0.2) is 65.6 Å². The maximum absolute atomic E-state index is 12.6. The number of nitrogens with one attached hydrogen (secondary N) is 3. The number of amides is 1. The zero-order valence-electron chi connectivity index (χ0n) is 17.4. The molecule has 0 heterocycles. The van der Waals surface area contributed by atoms with Gasteiger partial charge in [0.05, 0.1) is 27.5 Å². The minimum absolute atomic E-state index is 0.0403. The Balaban J connectivity index is 1.75. The topological polar surface area (TPSA) is 121 Å². The molecule has 0 aromatic heterocycles. The van der Waals surface area contributed by atoms with Gasteiger partial charge in [0.25, 0.3) is 15.9 Å². The molecule has 0 radical (unpaired) electrons. The van der Waals surface area contributed by atoms with Crippen molar-refractivity contribution in [1.82, 2.24) is 0 Å². The molecular weight excluding hydrogens is 509 g/mol. The lowest BCUT2D eigenvalue weighted by Gasteiger charge is -2.12. The second kappa shape index (κ2) is 9.60. The SMILES string of the molecule is Cc1ccc(C(=O)Nc2ccc(S(=O)(=O)Nc3ccc(Cl)cc3Cl)cc2)cc1NS(C)(=O)=O. The van der Waals surface area contributed by atoms with Gasteiger partial charge in [-0.25, -0.2) is 16.8 Å². The lowest BCUT2D eigenvalue weighted by molar-refractivity contribution is 0.102. The Bertz CT molecular complexity index is 1420. The maximum atomic E-state index is 12.6. The number of sulfonamides is 2. The molecule has 12 heteroatoms. The van der Waals surface area contributed by atoms with Gasteiger partial charge in [0.1, 0.15) is 0 Å². The van der Waals surface area contributed by atoms with E-state index in [2.05, 4.69) is 14.8 Å². The minimum Gasteiger partial charge on any atom is -0.322 e. The number of carbonyl (C=O) groups excluding carboxylic acids is 1. The Morgan fingerprint density at radius 2 is 1.48 bits per heavy atom. The zero-order chi connectivity index (χ0) is 24.4. The molecule has 0 aliphatic rings. The van der Waals surface area contributed by atoms with Crippen LogP contribution in [-0.2, 0) is 20.0 Å². The Labute approximate surface area is 202 Å². The lowest BCUT2D eigenvalue weighted by atomic mass is 10.1. The second-order valence-corrected chi connectivity index (χ2v) is 11.4. The maximum Gasteiger partial charge on any atom is 0.261 e. The molecule has 0 saturated heterocycles. The molecule has 0 spiro atoms. The molecule has 0 saturated carbocycles. The van der Waals surface area contributed by atoms with Crippen LogP contribution in [-0.4, -0.2) is 29.0 Å². The fourth-order valence-electron chi connectivity index (χ4n) is 2.77. The van der Waals surface area contributed by atoms with Crippen molar-refractivity contribution in [1.29, 1.82) is 0 Å². The van der Waals surface area contributed by atoms with E-state index in [1.807, 2.05) is 0 Å². The number of hydrogen-bond acceptors (Lipinski definition) is 5. The summed E-state index contributed by atoms with van der Waals surface area (Å²) in [4.78, 5) is 12.5. The summed E-state index contributed by atoms with van der Waals surface area (Å²) in [5, 5.41) is 3.17. The Morgan fingerprint density at radius 3 is 2.09 bits per heavy atom. The highest BCUT2D eigenvalue weighted by Gasteiger charge is 2.17. The molecule has 0 bridgehead atoms. The van der Waals surface area contributed by atoms with Crippen molar-refractivity contribution in [2.45, 2.75) is 11.8 Å². The highest BCUT2D eigenvalue weighted by Crippen LogP contribution is 2.28. The van der Waals surface area contributed by atoms with Crippen LogP contribution in [0, 0.1) is 6.92 Å². The number of carbonyl (C=O) groups is 1. The molecule has 0 aliphatic carbocycles. The predicted octanol–water partition coefficient (Wildman–Crippen LogP) is 4.73. The minimum atomic E-state index is -3.93. The van der Waals surface area contributed by atoms with Gasteiger partial charge in [-0.3, -0.25) is 14.2 Å². The van der Waals surface area contributed by atoms with Crippen LogP contribution in [0.1, 0.15) is 15.9 Å². The van der Waals surface area contributed by atoms with E-state index in [0.717, 1.165) is 6.26 Å². The van der Waals surface area contributed by atoms with Crippen molar-refractivity contribution in [2.75, 3.05) is 21.0 Å². The molecule has 1 amide bonds. The van der Waals surface area contributed by atoms with Crippen molar-refractivity contribution in [2.24, 2.45) is 0 Å². The summed E-state index contributed by atoms with van der Waals surface area (Å²) in [7, 11) is -7.44. The summed E-state index contributed by atoms with van der Waals surface area (Å²) in [6, 6.07) is 14.5. The largest absolute Gasteiger partial charge is 0.322 e. The Kier molecular flexibility index (Phi) is 7.23. The molecule has 0 aliphatic heterocycles. The first-order valence-corrected chi connectivity index (χ1v) is 13.4. The molecular formula is C21H19Cl2N3O5S2. The van der Waals surface area contributed by atoms with Gasteiger partial charge in [0, 0.05) is 16.3 Å². The van der Waals surface area contributed by atoms with Crippen LogP contribution in [0.4, 0.5) is 17.1 Å². The standard InChI is InChI=1S/C21H19Cl2N3O5S2/c1-13-3-4-14(11-20(13)25-32(2,28)29)21(27)24-16-6-8-17(9-7-16)33(30,31)26-19-10-5-15(22)12-18(19)23/h3-12,25-26H,1-2H3,(H,24,27). The van der Waals surface area contributed by atoms with Crippen molar-refractivity contribution >= 4 is 66.2 Å². The average molecular weight is 528 g/mol. The van der Waals surface area contributed by atoms with E-state index in [4.69, 9.17) is 23.2 Å². The first-order chi connectivity index (χ1) is 15.3. The predicted molar refractivity (Wildman–Crippen MR) is 131 cm³/mol. The molecule has 8 nitrogen and oxygen atoms in total. The van der Waals surface area contributed by atoms with Crippen LogP contribution < -0.4 is 14.8 Å². The van der Waals surface area contributed by atoms with E-state index < -0.39 is 26.0 Å². The number of rotatable bonds is 7. The molecule has 0 fully saturated rings. The number of benzene rings is 3. The number of anilines is 3. The van der Waals surface area contributed by atoms with Gasteiger partial charge in [-0.1, -0.05) is 29.3 Å². The smallest absolute Gasteiger partial charge is 0.261 e. The second-order valence-electron chi connectivity index (χ2n) is 7.11. The van der Waals surface area contributed by atoms with Crippen molar-refractivity contribution in [3.05, 3.63) is 81.8 Å². The highest BCUT2D eigenvalue weighted by atomic mass is 35.5. The van der Waals surface area contributed by atoms with Crippen LogP contribution >= 0.6 is 23.2 Å². The van der Waals surface area contributed by atoms with Crippen LogP contribution in [0.2, 0.25) is 10.0 Å². The van der Waals surface area contributed by atoms with Gasteiger partial charge in [0.2, 0.25) is 10.0 Å². The van der Waals surface area contributed by atoms with Gasteiger partial charge in [0.15, 0.2) is 0 Å². The van der Waals surface area contributed by atoms with E-state index in [0.29, 0.717) is 22.0 Å². The monoisotopic (exact) mass is 527 g/mol. The quantitative estimate of drug-likeness (QED) is 0.410. The Morgan fingerprint density at radius 1 is 0.818 bits per heavy atom. The van der Waals surface area contributed by atoms with Gasteiger partial charge >= 0.3 is 0 Å². The number of aryl methyl sites for hydroxylation is 1. The van der Waals surface area contributed by atoms with Crippen molar-refractivity contribution in [3.8, 4) is 0 Å². The van der Waals surface area contributed by atoms with E-state index in [-0.39, 0.29) is 21.2 Å². The van der Waals surface area contributed by atoms with E-state index in [1.165, 1.54) is 48.5 Å². The summed E-state index contributed by atoms with van der Waals surface area (Å²) in [6.07, 6.45) is 1.02. The van der Waals surface area contributed by atoms with Crippen molar-refractivity contribution < 1.29 is 21.6 Å². The van der Waals surface area contributed by atoms with Crippen molar-refractivity contribution in [3.63, 3.8) is 0 Å². The molecule has 33 heavy (non-hydrogen) atoms. The summed E-state index contributed by atoms with van der Waals surface area (Å²) in [6.45, 7) is 1.71. The molecule has 174 valence electrons. The lowest BCUT2D eigenvalue weighted by Crippen LogP contribution is -2.15. The van der Waals surface area contributed by atoms with E-state index >= 15 is 0 Å². The van der Waals surface area contributed by atoms with Gasteiger partial charge in [-0.15, -0.1) is 0 Å². The average Bonchev–Trinajstić information content (AvgIpc) is 2.71. The van der Waals surface area contributed by atoms with Crippen LogP contribution in [0.25, 0.3) is 0 Å². The fourth-order valence-corrected chi connectivity index (χ4v) is 4.98. The molecule has 3 rings (SSSR count). The van der Waals surface area contributed by atoms with E-state index in [9.17, 15) is 21.6 Å². The summed E-state index contributed by atoms with van der Waals surface area (Å²) in [5.41, 5.74) is 1.69. The zero-order valence-corrected chi connectivity index (χ0v) is 20.5. The Hall–Kier alpha value is -2.79. The fraction of sp³-hybridized carbons (Fsp3) is 0.0952. The summed E-state index contributed by atoms with van der Waals surface area (Å²) in [5.74, 6) is -0.492. The molecule has 0 atom stereocenters. The highest BCUT2D eigenvalue weighted by molar-refractivity contribution is 7.92. The summed E-state index contributed by atoms with van der Waals surface area (Å²) >= 11 is 11.8. The van der Waals surface area contributed by atoms with Crippen LogP contribution in [0.5, 0.6) is 0 Å². The third-order valence-corrected chi connectivity index (χ3v) is 6.91. The van der Waals surface area contributed by atoms with Crippen LogP contribution in [0.3, 0.4) is 0 Å². The first-order valence-electron chi connectivity index (χ1n) is 9.32. The van der Waals surface area contributed by atoms with Gasteiger partial charge < -0.3 is 5.32 Å². The number of halogens is 2. The third kappa shape index (κ3) is 6.61. The molecule has 3 aromatic rings. The summed E-state index contributed by atoms with van der Waals surface area (Å²) < 4.78 is 53.0. The van der Waals surface area contributed by atoms with Gasteiger partial charge in [-0.2, -0.15) is 0 Å². The number of hydrogen-bond donors (Lipinski definition) is 3.